The van der Waals surface area contributed by atoms with Gasteiger partial charge in [-0.3, -0.25) is 4.68 Å². The summed E-state index contributed by atoms with van der Waals surface area (Å²) >= 11 is 5.85. The molecule has 0 aliphatic heterocycles. The van der Waals surface area contributed by atoms with Crippen molar-refractivity contribution in [2.45, 2.75) is 17.9 Å². The third-order valence-corrected chi connectivity index (χ3v) is 4.31. The molecule has 0 fully saturated rings. The Labute approximate surface area is 126 Å². The molecule has 0 spiro atoms. The Morgan fingerprint density at radius 1 is 1.43 bits per heavy atom. The quantitative estimate of drug-likeness (QED) is 0.369. The van der Waals surface area contributed by atoms with Crippen molar-refractivity contribution in [3.63, 3.8) is 0 Å². The zero-order chi connectivity index (χ0) is 15.3. The maximum Gasteiger partial charge on any atom is 0.242 e. The maximum absolute atomic E-state index is 12.0. The molecule has 11 heteroatoms. The second-order valence-electron chi connectivity index (χ2n) is 4.06. The van der Waals surface area contributed by atoms with E-state index in [0.717, 1.165) is 0 Å². The average Bonchev–Trinajstić information content (AvgIpc) is 2.97. The van der Waals surface area contributed by atoms with Crippen LogP contribution in [0.2, 0.25) is 5.02 Å². The molecule has 0 aromatic carbocycles. The van der Waals surface area contributed by atoms with E-state index in [1.165, 1.54) is 12.3 Å². The largest absolute Gasteiger partial charge is 0.307 e. The first-order chi connectivity index (χ1) is 10.0. The summed E-state index contributed by atoms with van der Waals surface area (Å²) in [5, 5.41) is 7.57. The van der Waals surface area contributed by atoms with Gasteiger partial charge in [0.2, 0.25) is 10.0 Å². The molecule has 114 valence electrons. The van der Waals surface area contributed by atoms with Gasteiger partial charge in [0.05, 0.1) is 11.2 Å². The molecule has 2 aromatic heterocycles. The number of aromatic nitrogens is 4. The van der Waals surface area contributed by atoms with Gasteiger partial charge in [-0.15, -0.1) is 5.10 Å². The molecule has 0 aliphatic rings. The van der Waals surface area contributed by atoms with Crippen LogP contribution in [-0.2, 0) is 16.6 Å². The Balaban J connectivity index is 1.93. The van der Waals surface area contributed by atoms with Crippen molar-refractivity contribution in [2.24, 2.45) is 5.84 Å². The summed E-state index contributed by atoms with van der Waals surface area (Å²) in [5.74, 6) is 5.39. The molecule has 0 bridgehead atoms. The van der Waals surface area contributed by atoms with Gasteiger partial charge in [-0.25, -0.2) is 24.0 Å². The van der Waals surface area contributed by atoms with Crippen LogP contribution in [-0.4, -0.2) is 34.9 Å². The fraction of sp³-hybridized carbons (Fsp3) is 0.300. The average molecular weight is 332 g/mol. The Hall–Kier alpha value is -1.75. The summed E-state index contributed by atoms with van der Waals surface area (Å²) in [4.78, 5) is 3.80. The van der Waals surface area contributed by atoms with Gasteiger partial charge in [-0.2, -0.15) is 0 Å². The van der Waals surface area contributed by atoms with Crippen LogP contribution in [0.5, 0.6) is 0 Å². The molecule has 0 radical (unpaired) electrons. The summed E-state index contributed by atoms with van der Waals surface area (Å²) in [5.41, 5.74) is 2.27. The summed E-state index contributed by atoms with van der Waals surface area (Å²) in [6.45, 7) is 0.828. The number of anilines is 1. The Bertz CT molecular complexity index is 689. The van der Waals surface area contributed by atoms with E-state index in [-0.39, 0.29) is 22.3 Å². The topological polar surface area (TPSA) is 128 Å². The van der Waals surface area contributed by atoms with Gasteiger partial charge < -0.3 is 5.43 Å². The van der Waals surface area contributed by atoms with Crippen molar-refractivity contribution in [2.75, 3.05) is 12.0 Å². The second kappa shape index (κ2) is 6.80. The van der Waals surface area contributed by atoms with Crippen LogP contribution < -0.4 is 16.0 Å². The number of nitrogens with one attached hydrogen (secondary N) is 2. The van der Waals surface area contributed by atoms with Crippen molar-refractivity contribution in [3.05, 3.63) is 29.7 Å². The number of nitrogen functional groups attached to an aromatic ring is 1. The Kier molecular flexibility index (Phi) is 5.07. The zero-order valence-corrected chi connectivity index (χ0v) is 12.5. The zero-order valence-electron chi connectivity index (χ0n) is 10.9. The maximum atomic E-state index is 12.0. The fourth-order valence-electron chi connectivity index (χ4n) is 1.56. The third kappa shape index (κ3) is 4.11. The van der Waals surface area contributed by atoms with Crippen molar-refractivity contribution in [1.29, 1.82) is 0 Å². The van der Waals surface area contributed by atoms with Crippen molar-refractivity contribution in [1.82, 2.24) is 24.7 Å². The SMILES string of the molecule is NNc1ncc(S(=O)(=O)NCCCn2ccnn2)cc1Cl. The third-order valence-electron chi connectivity index (χ3n) is 2.59. The van der Waals surface area contributed by atoms with Crippen LogP contribution in [0.15, 0.2) is 29.6 Å². The Morgan fingerprint density at radius 2 is 2.24 bits per heavy atom. The molecule has 2 aromatic rings. The van der Waals surface area contributed by atoms with Crippen LogP contribution >= 0.6 is 11.6 Å². The molecule has 0 saturated carbocycles. The van der Waals surface area contributed by atoms with E-state index >= 15 is 0 Å². The summed E-state index contributed by atoms with van der Waals surface area (Å²) in [6.07, 6.45) is 5.02. The van der Waals surface area contributed by atoms with E-state index < -0.39 is 10.0 Å². The summed E-state index contributed by atoms with van der Waals surface area (Å²) in [6, 6.07) is 1.28. The van der Waals surface area contributed by atoms with Gasteiger partial charge >= 0.3 is 0 Å². The summed E-state index contributed by atoms with van der Waals surface area (Å²) in [7, 11) is -3.66. The molecule has 0 unspecified atom stereocenters. The first kappa shape index (κ1) is 15.6. The predicted molar refractivity (Wildman–Crippen MR) is 76.9 cm³/mol. The molecule has 0 atom stereocenters. The van der Waals surface area contributed by atoms with Crippen LogP contribution in [0.3, 0.4) is 0 Å². The number of pyridine rings is 1. The lowest BCUT2D eigenvalue weighted by Crippen LogP contribution is -2.26. The first-order valence-electron chi connectivity index (χ1n) is 5.99. The van der Waals surface area contributed by atoms with Gasteiger partial charge in [-0.1, -0.05) is 16.8 Å². The fourth-order valence-corrected chi connectivity index (χ4v) is 2.89. The smallest absolute Gasteiger partial charge is 0.242 e. The molecular formula is C10H14ClN7O2S. The molecule has 2 heterocycles. The number of nitrogens with zero attached hydrogens (tertiary/aromatic N) is 4. The van der Waals surface area contributed by atoms with Gasteiger partial charge in [0.25, 0.3) is 0 Å². The number of hydrazine groups is 1. The number of aryl methyl sites for hydroxylation is 1. The number of sulfonamides is 1. The standard InChI is InChI=1S/C10H14ClN7O2S/c11-9-6-8(7-13-10(9)16-12)21(19,20)15-2-1-4-18-5-3-14-17-18/h3,5-7,15H,1-2,4,12H2,(H,13,16). The number of halogens is 1. The molecule has 0 saturated heterocycles. The lowest BCUT2D eigenvalue weighted by molar-refractivity contribution is 0.542. The van der Waals surface area contributed by atoms with Crippen LogP contribution in [0.25, 0.3) is 0 Å². The molecule has 0 aliphatic carbocycles. The lowest BCUT2D eigenvalue weighted by Gasteiger charge is -2.08. The highest BCUT2D eigenvalue weighted by Crippen LogP contribution is 2.21. The van der Waals surface area contributed by atoms with Gasteiger partial charge in [0.15, 0.2) is 5.82 Å². The van der Waals surface area contributed by atoms with Crippen LogP contribution in [0.4, 0.5) is 5.82 Å². The van der Waals surface area contributed by atoms with E-state index in [9.17, 15) is 8.42 Å². The molecule has 0 amide bonds. The van der Waals surface area contributed by atoms with Gasteiger partial charge in [0, 0.05) is 25.5 Å². The number of nitrogens with two attached hydrogens (primary N) is 1. The second-order valence-corrected chi connectivity index (χ2v) is 6.24. The normalized spacial score (nSPS) is 11.5. The minimum atomic E-state index is -3.66. The highest BCUT2D eigenvalue weighted by atomic mass is 35.5. The molecule has 21 heavy (non-hydrogen) atoms. The molecule has 4 N–H and O–H groups in total. The van der Waals surface area contributed by atoms with Gasteiger partial charge in [0.1, 0.15) is 4.90 Å². The van der Waals surface area contributed by atoms with Crippen LogP contribution in [0, 0.1) is 0 Å². The van der Waals surface area contributed by atoms with E-state index in [0.29, 0.717) is 13.0 Å². The molecular weight excluding hydrogens is 318 g/mol. The minimum absolute atomic E-state index is 0.0211. The Morgan fingerprint density at radius 3 is 2.86 bits per heavy atom. The van der Waals surface area contributed by atoms with Crippen molar-refractivity contribution in [3.8, 4) is 0 Å². The molecule has 9 nitrogen and oxygen atoms in total. The van der Waals surface area contributed by atoms with E-state index in [4.69, 9.17) is 17.4 Å². The molecule has 2 rings (SSSR count). The highest BCUT2D eigenvalue weighted by molar-refractivity contribution is 7.89. The van der Waals surface area contributed by atoms with Crippen LogP contribution in [0.1, 0.15) is 6.42 Å². The van der Waals surface area contributed by atoms with Crippen molar-refractivity contribution < 1.29 is 8.42 Å². The van der Waals surface area contributed by atoms with E-state index in [2.05, 4.69) is 25.4 Å². The van der Waals surface area contributed by atoms with Crippen molar-refractivity contribution >= 4 is 27.4 Å². The lowest BCUT2D eigenvalue weighted by atomic mass is 10.4. The number of hydrogen-bond donors (Lipinski definition) is 3. The first-order valence-corrected chi connectivity index (χ1v) is 7.85. The van der Waals surface area contributed by atoms with E-state index in [1.807, 2.05) is 0 Å². The monoisotopic (exact) mass is 331 g/mol. The number of rotatable bonds is 7. The van der Waals surface area contributed by atoms with Gasteiger partial charge in [-0.05, 0) is 12.5 Å². The minimum Gasteiger partial charge on any atom is -0.307 e. The summed E-state index contributed by atoms with van der Waals surface area (Å²) < 4.78 is 28.2. The number of hydrogen-bond acceptors (Lipinski definition) is 7. The predicted octanol–water partition coefficient (Wildman–Crippen LogP) is -0.0193. The highest BCUT2D eigenvalue weighted by Gasteiger charge is 2.15. The van der Waals surface area contributed by atoms with E-state index in [1.54, 1.807) is 17.1 Å².